The summed E-state index contributed by atoms with van der Waals surface area (Å²) in [6.07, 6.45) is 1.27. The number of carbonyl (C=O) groups excluding carboxylic acids is 1. The normalized spacial score (nSPS) is 13.2. The van der Waals surface area contributed by atoms with Crippen molar-refractivity contribution in [3.8, 4) is 11.4 Å². The standard InChI is InChI=1S/C21H19FN4O2/c22-17-7-5-15(6-8-17)20-23-21(28)18(24-25-20)9-10-19(27)26-12-11-14-3-1-2-4-16(14)13-26/h1-8H,9-13H2,(H,23,25,28). The van der Waals surface area contributed by atoms with Gasteiger partial charge in [0.15, 0.2) is 5.82 Å². The third kappa shape index (κ3) is 3.83. The third-order valence-electron chi connectivity index (χ3n) is 4.94. The molecule has 3 aromatic rings. The van der Waals surface area contributed by atoms with Gasteiger partial charge in [0.25, 0.3) is 5.56 Å². The second-order valence-corrected chi connectivity index (χ2v) is 6.79. The predicted octanol–water partition coefficient (Wildman–Crippen LogP) is 2.49. The van der Waals surface area contributed by atoms with Gasteiger partial charge >= 0.3 is 0 Å². The number of aromatic amines is 1. The van der Waals surface area contributed by atoms with E-state index in [0.717, 1.165) is 6.42 Å². The number of hydrogen-bond donors (Lipinski definition) is 1. The maximum atomic E-state index is 13.0. The van der Waals surface area contributed by atoms with E-state index in [1.807, 2.05) is 23.1 Å². The molecule has 1 amide bonds. The number of benzene rings is 2. The van der Waals surface area contributed by atoms with Gasteiger partial charge in [-0.15, -0.1) is 10.2 Å². The third-order valence-corrected chi connectivity index (χ3v) is 4.94. The number of amides is 1. The van der Waals surface area contributed by atoms with Crippen LogP contribution in [0.2, 0.25) is 0 Å². The molecule has 2 aromatic carbocycles. The largest absolute Gasteiger partial charge is 0.338 e. The van der Waals surface area contributed by atoms with Gasteiger partial charge in [0, 0.05) is 31.5 Å². The maximum Gasteiger partial charge on any atom is 0.273 e. The van der Waals surface area contributed by atoms with Crippen LogP contribution in [-0.2, 0) is 24.2 Å². The molecule has 0 saturated heterocycles. The van der Waals surface area contributed by atoms with Gasteiger partial charge in [0.2, 0.25) is 5.91 Å². The van der Waals surface area contributed by atoms with Crippen molar-refractivity contribution in [2.75, 3.05) is 6.54 Å². The lowest BCUT2D eigenvalue weighted by Gasteiger charge is -2.28. The molecule has 1 aliphatic heterocycles. The van der Waals surface area contributed by atoms with E-state index in [1.54, 1.807) is 0 Å². The van der Waals surface area contributed by atoms with E-state index in [9.17, 15) is 14.0 Å². The second kappa shape index (κ2) is 7.72. The Morgan fingerprint density at radius 3 is 2.57 bits per heavy atom. The summed E-state index contributed by atoms with van der Waals surface area (Å²) in [5.74, 6) is -0.0967. The smallest absolute Gasteiger partial charge is 0.273 e. The minimum atomic E-state index is -0.383. The summed E-state index contributed by atoms with van der Waals surface area (Å²) in [6.45, 7) is 1.28. The Morgan fingerprint density at radius 2 is 1.82 bits per heavy atom. The summed E-state index contributed by atoms with van der Waals surface area (Å²) in [4.78, 5) is 29.3. The van der Waals surface area contributed by atoms with Crippen molar-refractivity contribution in [1.82, 2.24) is 20.1 Å². The molecule has 0 unspecified atom stereocenters. The minimum Gasteiger partial charge on any atom is -0.338 e. The molecule has 0 bridgehead atoms. The average Bonchev–Trinajstić information content (AvgIpc) is 2.73. The molecule has 2 heterocycles. The van der Waals surface area contributed by atoms with E-state index in [0.29, 0.717) is 18.7 Å². The molecule has 6 nitrogen and oxygen atoms in total. The van der Waals surface area contributed by atoms with Gasteiger partial charge in [-0.2, -0.15) is 0 Å². The van der Waals surface area contributed by atoms with Gasteiger partial charge in [-0.05, 0) is 41.8 Å². The second-order valence-electron chi connectivity index (χ2n) is 6.79. The first-order valence-electron chi connectivity index (χ1n) is 9.16. The van der Waals surface area contributed by atoms with Crippen LogP contribution in [0.25, 0.3) is 11.4 Å². The number of fused-ring (bicyclic) bond motifs is 1. The molecule has 4 rings (SSSR count). The lowest BCUT2D eigenvalue weighted by Crippen LogP contribution is -2.36. The summed E-state index contributed by atoms with van der Waals surface area (Å²) >= 11 is 0. The first-order valence-corrected chi connectivity index (χ1v) is 9.16. The van der Waals surface area contributed by atoms with Crippen LogP contribution in [0.3, 0.4) is 0 Å². The fraction of sp³-hybridized carbons (Fsp3) is 0.238. The molecule has 1 aliphatic rings. The van der Waals surface area contributed by atoms with E-state index in [4.69, 9.17) is 0 Å². The van der Waals surface area contributed by atoms with Gasteiger partial charge in [-0.1, -0.05) is 24.3 Å². The number of aryl methyl sites for hydroxylation is 1. The molecule has 0 spiro atoms. The molecular weight excluding hydrogens is 359 g/mol. The minimum absolute atomic E-state index is 0.00156. The Kier molecular flexibility index (Phi) is 4.97. The van der Waals surface area contributed by atoms with Crippen LogP contribution in [0.5, 0.6) is 0 Å². The number of hydrogen-bond acceptors (Lipinski definition) is 4. The molecular formula is C21H19FN4O2. The quantitative estimate of drug-likeness (QED) is 0.757. The Bertz CT molecular complexity index is 1060. The molecule has 0 fully saturated rings. The van der Waals surface area contributed by atoms with Crippen LogP contribution in [0.1, 0.15) is 23.2 Å². The molecule has 28 heavy (non-hydrogen) atoms. The number of H-pyrrole nitrogens is 1. The van der Waals surface area contributed by atoms with E-state index >= 15 is 0 Å². The van der Waals surface area contributed by atoms with Gasteiger partial charge in [0.05, 0.1) is 0 Å². The Morgan fingerprint density at radius 1 is 1.07 bits per heavy atom. The highest BCUT2D eigenvalue weighted by Crippen LogP contribution is 2.19. The Hall–Kier alpha value is -3.35. The Labute approximate surface area is 161 Å². The molecule has 0 radical (unpaired) electrons. The topological polar surface area (TPSA) is 79.0 Å². The van der Waals surface area contributed by atoms with Crippen molar-refractivity contribution < 1.29 is 9.18 Å². The number of nitrogens with zero attached hydrogens (tertiary/aromatic N) is 3. The summed E-state index contributed by atoms with van der Waals surface area (Å²) in [6, 6.07) is 13.7. The van der Waals surface area contributed by atoms with Crippen LogP contribution in [0.15, 0.2) is 53.3 Å². The van der Waals surface area contributed by atoms with E-state index in [2.05, 4.69) is 21.2 Å². The Balaban J connectivity index is 1.40. The van der Waals surface area contributed by atoms with Crippen LogP contribution in [0, 0.1) is 5.82 Å². The van der Waals surface area contributed by atoms with Gasteiger partial charge < -0.3 is 9.88 Å². The van der Waals surface area contributed by atoms with E-state index in [1.165, 1.54) is 35.4 Å². The number of rotatable bonds is 4. The number of aromatic nitrogens is 3. The highest BCUT2D eigenvalue weighted by Gasteiger charge is 2.20. The monoisotopic (exact) mass is 378 g/mol. The zero-order chi connectivity index (χ0) is 19.5. The number of carbonyl (C=O) groups is 1. The van der Waals surface area contributed by atoms with Crippen molar-refractivity contribution in [3.05, 3.63) is 81.5 Å². The van der Waals surface area contributed by atoms with Crippen LogP contribution < -0.4 is 5.56 Å². The summed E-state index contributed by atoms with van der Waals surface area (Å²) in [7, 11) is 0. The first kappa shape index (κ1) is 18.0. The lowest BCUT2D eigenvalue weighted by molar-refractivity contribution is -0.132. The highest BCUT2D eigenvalue weighted by molar-refractivity contribution is 5.76. The van der Waals surface area contributed by atoms with Gasteiger partial charge in [0.1, 0.15) is 11.5 Å². The van der Waals surface area contributed by atoms with Crippen molar-refractivity contribution in [3.63, 3.8) is 0 Å². The van der Waals surface area contributed by atoms with Crippen molar-refractivity contribution in [2.45, 2.75) is 25.8 Å². The highest BCUT2D eigenvalue weighted by atomic mass is 19.1. The summed E-state index contributed by atoms with van der Waals surface area (Å²) < 4.78 is 13.0. The lowest BCUT2D eigenvalue weighted by atomic mass is 9.99. The van der Waals surface area contributed by atoms with Gasteiger partial charge in [-0.3, -0.25) is 9.59 Å². The van der Waals surface area contributed by atoms with Crippen molar-refractivity contribution in [1.29, 1.82) is 0 Å². The van der Waals surface area contributed by atoms with Crippen molar-refractivity contribution in [2.24, 2.45) is 0 Å². The molecule has 142 valence electrons. The first-order chi connectivity index (χ1) is 13.6. The molecule has 7 heteroatoms. The molecule has 0 saturated carbocycles. The van der Waals surface area contributed by atoms with Crippen LogP contribution >= 0.6 is 0 Å². The fourth-order valence-corrected chi connectivity index (χ4v) is 3.35. The molecule has 0 atom stereocenters. The maximum absolute atomic E-state index is 13.0. The summed E-state index contributed by atoms with van der Waals surface area (Å²) in [5.41, 5.74) is 2.86. The van der Waals surface area contributed by atoms with Crippen LogP contribution in [0.4, 0.5) is 4.39 Å². The number of nitrogens with one attached hydrogen (secondary N) is 1. The van der Waals surface area contributed by atoms with Crippen LogP contribution in [-0.4, -0.2) is 32.5 Å². The summed E-state index contributed by atoms with van der Waals surface area (Å²) in [5, 5.41) is 7.98. The molecule has 1 aromatic heterocycles. The van der Waals surface area contributed by atoms with Gasteiger partial charge in [-0.25, -0.2) is 4.39 Å². The van der Waals surface area contributed by atoms with E-state index < -0.39 is 0 Å². The average molecular weight is 378 g/mol. The predicted molar refractivity (Wildman–Crippen MR) is 102 cm³/mol. The van der Waals surface area contributed by atoms with Crippen molar-refractivity contribution >= 4 is 5.91 Å². The zero-order valence-electron chi connectivity index (χ0n) is 15.2. The molecule has 0 aliphatic carbocycles. The van der Waals surface area contributed by atoms with E-state index in [-0.39, 0.29) is 41.6 Å². The number of halogens is 1. The zero-order valence-corrected chi connectivity index (χ0v) is 15.2. The SMILES string of the molecule is O=C(CCc1nnc(-c2ccc(F)cc2)[nH]c1=O)N1CCc2ccccc2C1. The fourth-order valence-electron chi connectivity index (χ4n) is 3.35. The molecule has 1 N–H and O–H groups in total.